The van der Waals surface area contributed by atoms with Gasteiger partial charge in [-0.1, -0.05) is 26.0 Å². The van der Waals surface area contributed by atoms with Crippen molar-refractivity contribution in [1.29, 1.82) is 0 Å². The molecule has 0 fully saturated rings. The lowest BCUT2D eigenvalue weighted by atomic mass is 10.2. The number of carbonyl (C=O) groups is 1. The number of rotatable bonds is 8. The molecule has 0 radical (unpaired) electrons. The number of aliphatic hydroxyl groups excluding tert-OH is 1. The molecule has 1 aromatic rings. The molecule has 0 aliphatic carbocycles. The number of ether oxygens (including phenoxy) is 1. The molecular weight excluding hydrogens is 242 g/mol. The van der Waals surface area contributed by atoms with Crippen molar-refractivity contribution in [2.45, 2.75) is 26.7 Å². The Bertz CT molecular complexity index is 387. The van der Waals surface area contributed by atoms with Gasteiger partial charge in [-0.25, -0.2) is 0 Å². The summed E-state index contributed by atoms with van der Waals surface area (Å²) in [6.07, 6.45) is 1.81. The Morgan fingerprint density at radius 2 is 2.11 bits per heavy atom. The van der Waals surface area contributed by atoms with Crippen molar-refractivity contribution in [3.05, 3.63) is 29.8 Å². The standard InChI is InChI=1S/C15H23NO3/c1-3-8-16(9-10-17)15(18)12-19-14-7-5-6-13(4-2)11-14/h5-7,11,17H,3-4,8-10,12H2,1-2H3. The fourth-order valence-corrected chi connectivity index (χ4v) is 1.84. The van der Waals surface area contributed by atoms with Crippen LogP contribution in [-0.2, 0) is 11.2 Å². The maximum absolute atomic E-state index is 11.9. The molecule has 0 spiro atoms. The zero-order valence-corrected chi connectivity index (χ0v) is 11.8. The average molecular weight is 265 g/mol. The smallest absolute Gasteiger partial charge is 0.260 e. The third kappa shape index (κ3) is 5.30. The fraction of sp³-hybridized carbons (Fsp3) is 0.533. The van der Waals surface area contributed by atoms with Crippen LogP contribution < -0.4 is 4.74 Å². The zero-order valence-electron chi connectivity index (χ0n) is 11.8. The largest absolute Gasteiger partial charge is 0.484 e. The minimum atomic E-state index is -0.0854. The van der Waals surface area contributed by atoms with Crippen molar-refractivity contribution in [1.82, 2.24) is 4.90 Å². The Morgan fingerprint density at radius 1 is 1.32 bits per heavy atom. The van der Waals surface area contributed by atoms with Gasteiger partial charge in [-0.15, -0.1) is 0 Å². The van der Waals surface area contributed by atoms with E-state index in [0.717, 1.165) is 12.8 Å². The van der Waals surface area contributed by atoms with Crippen molar-refractivity contribution in [2.24, 2.45) is 0 Å². The van der Waals surface area contributed by atoms with E-state index in [2.05, 4.69) is 6.92 Å². The highest BCUT2D eigenvalue weighted by Gasteiger charge is 2.12. The minimum absolute atomic E-state index is 0.0168. The van der Waals surface area contributed by atoms with E-state index in [1.165, 1.54) is 5.56 Å². The summed E-state index contributed by atoms with van der Waals surface area (Å²) in [5, 5.41) is 8.93. The molecule has 106 valence electrons. The summed E-state index contributed by atoms with van der Waals surface area (Å²) in [5.74, 6) is 0.631. The van der Waals surface area contributed by atoms with Gasteiger partial charge in [0.15, 0.2) is 6.61 Å². The van der Waals surface area contributed by atoms with Gasteiger partial charge in [-0.05, 0) is 30.5 Å². The number of carbonyl (C=O) groups excluding carboxylic acids is 1. The molecule has 0 saturated heterocycles. The van der Waals surface area contributed by atoms with Crippen LogP contribution in [0, 0.1) is 0 Å². The normalized spacial score (nSPS) is 10.3. The average Bonchev–Trinajstić information content (AvgIpc) is 2.44. The van der Waals surface area contributed by atoms with Gasteiger partial charge in [-0.2, -0.15) is 0 Å². The number of aliphatic hydroxyl groups is 1. The van der Waals surface area contributed by atoms with Gasteiger partial charge in [0.1, 0.15) is 5.75 Å². The lowest BCUT2D eigenvalue weighted by Gasteiger charge is -2.21. The topological polar surface area (TPSA) is 49.8 Å². The fourth-order valence-electron chi connectivity index (χ4n) is 1.84. The SMILES string of the molecule is CCCN(CCO)C(=O)COc1cccc(CC)c1. The van der Waals surface area contributed by atoms with Gasteiger partial charge >= 0.3 is 0 Å². The minimum Gasteiger partial charge on any atom is -0.484 e. The van der Waals surface area contributed by atoms with E-state index in [1.807, 2.05) is 31.2 Å². The Hall–Kier alpha value is -1.55. The Labute approximate surface area is 115 Å². The van der Waals surface area contributed by atoms with E-state index in [-0.39, 0.29) is 19.1 Å². The summed E-state index contributed by atoms with van der Waals surface area (Å²) < 4.78 is 5.51. The van der Waals surface area contributed by atoms with E-state index in [1.54, 1.807) is 4.90 Å². The Kier molecular flexibility index (Phi) is 6.97. The lowest BCUT2D eigenvalue weighted by molar-refractivity contribution is -0.133. The molecule has 0 aliphatic heterocycles. The summed E-state index contributed by atoms with van der Waals surface area (Å²) in [6, 6.07) is 7.76. The van der Waals surface area contributed by atoms with Crippen molar-refractivity contribution in [2.75, 3.05) is 26.3 Å². The van der Waals surface area contributed by atoms with Crippen LogP contribution in [-0.4, -0.2) is 42.2 Å². The van der Waals surface area contributed by atoms with Gasteiger partial charge in [0.2, 0.25) is 0 Å². The summed E-state index contributed by atoms with van der Waals surface area (Å²) in [7, 11) is 0. The zero-order chi connectivity index (χ0) is 14.1. The van der Waals surface area contributed by atoms with Gasteiger partial charge in [0.05, 0.1) is 6.61 Å². The van der Waals surface area contributed by atoms with E-state index in [9.17, 15) is 4.79 Å². The molecule has 0 bridgehead atoms. The highest BCUT2D eigenvalue weighted by molar-refractivity contribution is 5.77. The molecule has 0 aromatic heterocycles. The summed E-state index contributed by atoms with van der Waals surface area (Å²) >= 11 is 0. The molecular formula is C15H23NO3. The first-order chi connectivity index (χ1) is 9.21. The highest BCUT2D eigenvalue weighted by Crippen LogP contribution is 2.13. The molecule has 0 aliphatic rings. The first-order valence-corrected chi connectivity index (χ1v) is 6.81. The van der Waals surface area contributed by atoms with Gasteiger partial charge in [0.25, 0.3) is 5.91 Å². The molecule has 1 aromatic carbocycles. The van der Waals surface area contributed by atoms with Crippen LogP contribution in [0.25, 0.3) is 0 Å². The van der Waals surface area contributed by atoms with Crippen LogP contribution in [0.2, 0.25) is 0 Å². The van der Waals surface area contributed by atoms with Gasteiger partial charge < -0.3 is 14.7 Å². The molecule has 0 unspecified atom stereocenters. The second-order valence-corrected chi connectivity index (χ2v) is 4.39. The Morgan fingerprint density at radius 3 is 2.74 bits per heavy atom. The van der Waals surface area contributed by atoms with Gasteiger partial charge in [-0.3, -0.25) is 4.79 Å². The van der Waals surface area contributed by atoms with Crippen LogP contribution >= 0.6 is 0 Å². The van der Waals surface area contributed by atoms with E-state index in [4.69, 9.17) is 9.84 Å². The van der Waals surface area contributed by atoms with Crippen LogP contribution in [0.3, 0.4) is 0 Å². The molecule has 0 atom stereocenters. The lowest BCUT2D eigenvalue weighted by Crippen LogP contribution is -2.37. The van der Waals surface area contributed by atoms with Crippen LogP contribution in [0.5, 0.6) is 5.75 Å². The van der Waals surface area contributed by atoms with Gasteiger partial charge in [0, 0.05) is 13.1 Å². The van der Waals surface area contributed by atoms with Crippen LogP contribution in [0.4, 0.5) is 0 Å². The summed E-state index contributed by atoms with van der Waals surface area (Å²) in [5.41, 5.74) is 1.19. The number of aryl methyl sites for hydroxylation is 1. The maximum atomic E-state index is 11.9. The predicted molar refractivity (Wildman–Crippen MR) is 75.3 cm³/mol. The van der Waals surface area contributed by atoms with Crippen molar-refractivity contribution >= 4 is 5.91 Å². The molecule has 4 nitrogen and oxygen atoms in total. The van der Waals surface area contributed by atoms with Crippen LogP contribution in [0.15, 0.2) is 24.3 Å². The molecule has 0 heterocycles. The number of amides is 1. The monoisotopic (exact) mass is 265 g/mol. The number of nitrogens with zero attached hydrogens (tertiary/aromatic N) is 1. The number of hydrogen-bond donors (Lipinski definition) is 1. The first kappa shape index (κ1) is 15.5. The second-order valence-electron chi connectivity index (χ2n) is 4.39. The molecule has 1 amide bonds. The third-order valence-electron chi connectivity index (χ3n) is 2.89. The molecule has 4 heteroatoms. The van der Waals surface area contributed by atoms with E-state index >= 15 is 0 Å². The van der Waals surface area contributed by atoms with Crippen molar-refractivity contribution < 1.29 is 14.6 Å². The number of benzene rings is 1. The highest BCUT2D eigenvalue weighted by atomic mass is 16.5. The van der Waals surface area contributed by atoms with E-state index < -0.39 is 0 Å². The quantitative estimate of drug-likeness (QED) is 0.780. The Balaban J connectivity index is 2.51. The van der Waals surface area contributed by atoms with E-state index in [0.29, 0.717) is 18.8 Å². The number of hydrogen-bond acceptors (Lipinski definition) is 3. The van der Waals surface area contributed by atoms with Crippen LogP contribution in [0.1, 0.15) is 25.8 Å². The predicted octanol–water partition coefficient (Wildman–Crippen LogP) is 1.86. The maximum Gasteiger partial charge on any atom is 0.260 e. The van der Waals surface area contributed by atoms with Crippen molar-refractivity contribution in [3.8, 4) is 5.75 Å². The molecule has 1 rings (SSSR count). The third-order valence-corrected chi connectivity index (χ3v) is 2.89. The molecule has 0 saturated carbocycles. The first-order valence-electron chi connectivity index (χ1n) is 6.81. The summed E-state index contributed by atoms with van der Waals surface area (Å²) in [4.78, 5) is 13.6. The van der Waals surface area contributed by atoms with Crippen molar-refractivity contribution in [3.63, 3.8) is 0 Å². The summed E-state index contributed by atoms with van der Waals surface area (Å²) in [6.45, 7) is 5.10. The molecule has 1 N–H and O–H groups in total. The second kappa shape index (κ2) is 8.53. The molecule has 19 heavy (non-hydrogen) atoms.